The van der Waals surface area contributed by atoms with E-state index in [2.05, 4.69) is 20.8 Å². The van der Waals surface area contributed by atoms with Crippen LogP contribution < -0.4 is 10.7 Å². The second-order valence-electron chi connectivity index (χ2n) is 4.45. The molecule has 2 rings (SSSR count). The minimum absolute atomic E-state index is 0.245. The summed E-state index contributed by atoms with van der Waals surface area (Å²) in [6.45, 7) is 1.70. The fourth-order valence-electron chi connectivity index (χ4n) is 1.62. The van der Waals surface area contributed by atoms with Gasteiger partial charge < -0.3 is 5.32 Å². The summed E-state index contributed by atoms with van der Waals surface area (Å²) in [5, 5.41) is 6.89. The van der Waals surface area contributed by atoms with Crippen molar-refractivity contribution in [2.75, 3.05) is 5.32 Å². The molecule has 2 N–H and O–H groups in total. The maximum atomic E-state index is 11.8. The molecule has 0 radical (unpaired) electrons. The maximum absolute atomic E-state index is 11.8. The normalized spacial score (nSPS) is 11.0. The van der Waals surface area contributed by atoms with Crippen LogP contribution in [0, 0.1) is 0 Å². The molecule has 0 bridgehead atoms. The van der Waals surface area contributed by atoms with E-state index in [1.807, 2.05) is 0 Å². The fraction of sp³-hybridized carbons (Fsp3) is 0.0667. The summed E-state index contributed by atoms with van der Waals surface area (Å²) in [7, 11) is 0. The van der Waals surface area contributed by atoms with Crippen molar-refractivity contribution < 1.29 is 9.59 Å². The van der Waals surface area contributed by atoms with E-state index >= 15 is 0 Å². The van der Waals surface area contributed by atoms with Crippen LogP contribution in [0.3, 0.4) is 0 Å². The lowest BCUT2D eigenvalue weighted by atomic mass is 10.2. The van der Waals surface area contributed by atoms with E-state index in [1.165, 1.54) is 12.1 Å². The van der Waals surface area contributed by atoms with E-state index in [0.29, 0.717) is 10.7 Å². The molecule has 1 aromatic heterocycles. The number of hydrogen-bond donors (Lipinski definition) is 2. The van der Waals surface area contributed by atoms with Gasteiger partial charge in [-0.15, -0.1) is 0 Å². The number of nitrogens with one attached hydrogen (secondary N) is 2. The molecule has 0 fully saturated rings. The first-order chi connectivity index (χ1) is 11.0. The highest BCUT2D eigenvalue weighted by atomic mass is 35.5. The molecule has 0 atom stereocenters. The summed E-state index contributed by atoms with van der Waals surface area (Å²) in [5.74, 6) is -1.82. The number of benzene rings is 1. The van der Waals surface area contributed by atoms with E-state index < -0.39 is 11.8 Å². The molecular formula is C15H12Cl2N4O2. The van der Waals surface area contributed by atoms with Gasteiger partial charge in [-0.3, -0.25) is 14.6 Å². The molecule has 0 aliphatic rings. The van der Waals surface area contributed by atoms with Crippen molar-refractivity contribution in [2.24, 2.45) is 5.10 Å². The predicted molar refractivity (Wildman–Crippen MR) is 89.7 cm³/mol. The minimum Gasteiger partial charge on any atom is -0.316 e. The number of carbonyl (C=O) groups is 2. The number of halogens is 2. The van der Waals surface area contributed by atoms with Gasteiger partial charge in [0.05, 0.1) is 16.4 Å². The van der Waals surface area contributed by atoms with Gasteiger partial charge in [-0.25, -0.2) is 5.43 Å². The van der Waals surface area contributed by atoms with E-state index in [-0.39, 0.29) is 10.7 Å². The van der Waals surface area contributed by atoms with Crippen LogP contribution in [0.25, 0.3) is 0 Å². The Morgan fingerprint density at radius 1 is 1.09 bits per heavy atom. The fourth-order valence-corrected chi connectivity index (χ4v) is 1.95. The molecule has 2 aromatic rings. The molecule has 1 heterocycles. The van der Waals surface area contributed by atoms with Crippen LogP contribution in [-0.2, 0) is 9.59 Å². The molecule has 1 aromatic carbocycles. The highest BCUT2D eigenvalue weighted by Gasteiger charge is 2.15. The summed E-state index contributed by atoms with van der Waals surface area (Å²) in [6.07, 6.45) is 3.20. The number of nitrogens with zero attached hydrogens (tertiary/aromatic N) is 2. The summed E-state index contributed by atoms with van der Waals surface area (Å²) >= 11 is 11.7. The van der Waals surface area contributed by atoms with Crippen molar-refractivity contribution in [3.63, 3.8) is 0 Å². The van der Waals surface area contributed by atoms with Gasteiger partial charge in [0, 0.05) is 23.0 Å². The Labute approximate surface area is 142 Å². The highest BCUT2D eigenvalue weighted by Crippen LogP contribution is 2.25. The SMILES string of the molecule is C/C(=N/NC(=O)C(=O)Nc1cc(Cl)ccc1Cl)c1ccncc1. The molecule has 2 amide bonds. The maximum Gasteiger partial charge on any atom is 0.329 e. The number of hydrogen-bond acceptors (Lipinski definition) is 4. The summed E-state index contributed by atoms with van der Waals surface area (Å²) in [6, 6.07) is 8.00. The zero-order valence-electron chi connectivity index (χ0n) is 12.0. The Bertz CT molecular complexity index is 763. The van der Waals surface area contributed by atoms with Crippen molar-refractivity contribution in [3.05, 3.63) is 58.3 Å². The van der Waals surface area contributed by atoms with E-state index in [4.69, 9.17) is 23.2 Å². The lowest BCUT2D eigenvalue weighted by Gasteiger charge is -2.07. The molecular weight excluding hydrogens is 339 g/mol. The Hall–Kier alpha value is -2.44. The van der Waals surface area contributed by atoms with Crippen molar-refractivity contribution in [3.8, 4) is 0 Å². The van der Waals surface area contributed by atoms with Gasteiger partial charge in [0.1, 0.15) is 0 Å². The number of aromatic nitrogens is 1. The molecule has 0 aliphatic heterocycles. The second-order valence-corrected chi connectivity index (χ2v) is 5.30. The predicted octanol–water partition coefficient (Wildman–Crippen LogP) is 2.87. The highest BCUT2D eigenvalue weighted by molar-refractivity contribution is 6.42. The van der Waals surface area contributed by atoms with Gasteiger partial charge in [0.2, 0.25) is 0 Å². The first-order valence-corrected chi connectivity index (χ1v) is 7.24. The summed E-state index contributed by atoms with van der Waals surface area (Å²) in [4.78, 5) is 27.5. The standard InChI is InChI=1S/C15H12Cl2N4O2/c1-9(10-4-6-18-7-5-10)20-21-15(23)14(22)19-13-8-11(16)2-3-12(13)17/h2-8H,1H3,(H,19,22)(H,21,23)/b20-9-. The third kappa shape index (κ3) is 4.77. The van der Waals surface area contributed by atoms with Crippen molar-refractivity contribution in [1.29, 1.82) is 0 Å². The number of rotatable bonds is 3. The lowest BCUT2D eigenvalue weighted by Crippen LogP contribution is -2.33. The number of anilines is 1. The van der Waals surface area contributed by atoms with Crippen molar-refractivity contribution in [1.82, 2.24) is 10.4 Å². The molecule has 0 spiro atoms. The van der Waals surface area contributed by atoms with Crippen molar-refractivity contribution >= 4 is 46.4 Å². The van der Waals surface area contributed by atoms with E-state index in [9.17, 15) is 9.59 Å². The average Bonchev–Trinajstić information content (AvgIpc) is 2.56. The molecule has 0 unspecified atom stereocenters. The zero-order chi connectivity index (χ0) is 16.8. The van der Waals surface area contributed by atoms with Gasteiger partial charge in [-0.1, -0.05) is 23.2 Å². The van der Waals surface area contributed by atoms with Crippen LogP contribution in [0.15, 0.2) is 47.8 Å². The molecule has 0 saturated carbocycles. The summed E-state index contributed by atoms with van der Waals surface area (Å²) in [5.41, 5.74) is 3.73. The minimum atomic E-state index is -0.922. The third-order valence-corrected chi connectivity index (χ3v) is 3.37. The Morgan fingerprint density at radius 2 is 1.78 bits per heavy atom. The number of pyridine rings is 1. The van der Waals surface area contributed by atoms with Crippen LogP contribution in [0.1, 0.15) is 12.5 Å². The monoisotopic (exact) mass is 350 g/mol. The van der Waals surface area contributed by atoms with E-state index in [1.54, 1.807) is 37.5 Å². The molecule has 23 heavy (non-hydrogen) atoms. The molecule has 6 nitrogen and oxygen atoms in total. The topological polar surface area (TPSA) is 83.5 Å². The van der Waals surface area contributed by atoms with Gasteiger partial charge in [-0.2, -0.15) is 5.10 Å². The molecule has 0 saturated heterocycles. The first kappa shape index (κ1) is 16.9. The molecule has 0 aliphatic carbocycles. The average molecular weight is 351 g/mol. The van der Waals surface area contributed by atoms with Crippen molar-refractivity contribution in [2.45, 2.75) is 6.92 Å². The summed E-state index contributed by atoms with van der Waals surface area (Å²) < 4.78 is 0. The molecule has 118 valence electrons. The van der Waals surface area contributed by atoms with Gasteiger partial charge in [0.15, 0.2) is 0 Å². The van der Waals surface area contributed by atoms with Gasteiger partial charge in [-0.05, 0) is 37.3 Å². The van der Waals surface area contributed by atoms with Crippen LogP contribution in [0.2, 0.25) is 10.0 Å². The second kappa shape index (κ2) is 7.71. The zero-order valence-corrected chi connectivity index (χ0v) is 13.5. The van der Waals surface area contributed by atoms with Gasteiger partial charge >= 0.3 is 11.8 Å². The van der Waals surface area contributed by atoms with Crippen LogP contribution in [0.4, 0.5) is 5.69 Å². The Balaban J connectivity index is 2.00. The van der Waals surface area contributed by atoms with Gasteiger partial charge in [0.25, 0.3) is 0 Å². The number of carbonyl (C=O) groups excluding carboxylic acids is 2. The Kier molecular flexibility index (Phi) is 5.67. The number of amides is 2. The number of hydrazone groups is 1. The van der Waals surface area contributed by atoms with Crippen LogP contribution in [0.5, 0.6) is 0 Å². The van der Waals surface area contributed by atoms with E-state index in [0.717, 1.165) is 5.56 Å². The molecule has 8 heteroatoms. The van der Waals surface area contributed by atoms with Crippen LogP contribution in [-0.4, -0.2) is 22.5 Å². The first-order valence-electron chi connectivity index (χ1n) is 6.48. The Morgan fingerprint density at radius 3 is 2.48 bits per heavy atom. The largest absolute Gasteiger partial charge is 0.329 e. The quantitative estimate of drug-likeness (QED) is 0.507. The lowest BCUT2D eigenvalue weighted by molar-refractivity contribution is -0.136. The van der Waals surface area contributed by atoms with Crippen LogP contribution >= 0.6 is 23.2 Å². The third-order valence-electron chi connectivity index (χ3n) is 2.81. The smallest absolute Gasteiger partial charge is 0.316 e.